The molecule has 1 aliphatic carbocycles. The fourth-order valence-electron chi connectivity index (χ4n) is 5.36. The van der Waals surface area contributed by atoms with Crippen LogP contribution in [0.2, 0.25) is 0 Å². The largest absolute Gasteiger partial charge is 0.385 e. The Morgan fingerprint density at radius 3 is 2.77 bits per heavy atom. The van der Waals surface area contributed by atoms with Gasteiger partial charge in [-0.15, -0.1) is 0 Å². The Morgan fingerprint density at radius 1 is 1.16 bits per heavy atom. The van der Waals surface area contributed by atoms with Gasteiger partial charge in [0.1, 0.15) is 5.69 Å². The van der Waals surface area contributed by atoms with Crippen molar-refractivity contribution >= 4 is 22.5 Å². The molecule has 0 radical (unpaired) electrons. The molecule has 31 heavy (non-hydrogen) atoms. The van der Waals surface area contributed by atoms with Gasteiger partial charge in [-0.3, -0.25) is 9.89 Å². The number of amides is 1. The van der Waals surface area contributed by atoms with Crippen molar-refractivity contribution < 1.29 is 9.53 Å². The zero-order chi connectivity index (χ0) is 21.8. The molecule has 1 aliphatic heterocycles. The standard InChI is InChI=1S/C25H32N4O2/c1-15-16-9-8-10-17-18-13-21-19(14-20(18)26-22(17)23(16)28-27-15)25(2,3)24(30)29(21)11-6-5-7-12-31-4/h13-14,26H,5-12H2,1-4H3,(H,27,28). The van der Waals surface area contributed by atoms with Gasteiger partial charge in [0.25, 0.3) is 0 Å². The number of hydrogen-bond acceptors (Lipinski definition) is 3. The highest BCUT2D eigenvalue weighted by atomic mass is 16.5. The fourth-order valence-corrected chi connectivity index (χ4v) is 5.36. The van der Waals surface area contributed by atoms with E-state index in [-0.39, 0.29) is 5.91 Å². The molecule has 5 rings (SSSR count). The number of fused-ring (bicyclic) bond motifs is 6. The molecule has 6 nitrogen and oxygen atoms in total. The summed E-state index contributed by atoms with van der Waals surface area (Å²) in [7, 11) is 1.74. The van der Waals surface area contributed by atoms with Gasteiger partial charge in [-0.1, -0.05) is 0 Å². The van der Waals surface area contributed by atoms with E-state index in [1.165, 1.54) is 16.5 Å². The second-order valence-corrected chi connectivity index (χ2v) is 9.56. The van der Waals surface area contributed by atoms with Crippen LogP contribution < -0.4 is 4.90 Å². The molecule has 1 amide bonds. The van der Waals surface area contributed by atoms with E-state index in [0.29, 0.717) is 0 Å². The molecular formula is C25H32N4O2. The van der Waals surface area contributed by atoms with Crippen molar-refractivity contribution in [1.82, 2.24) is 15.2 Å². The van der Waals surface area contributed by atoms with E-state index in [0.717, 1.165) is 85.5 Å². The van der Waals surface area contributed by atoms with E-state index in [1.807, 2.05) is 18.7 Å². The van der Waals surface area contributed by atoms with Gasteiger partial charge in [0.2, 0.25) is 5.91 Å². The van der Waals surface area contributed by atoms with Crippen LogP contribution >= 0.6 is 0 Å². The number of aromatic amines is 2. The van der Waals surface area contributed by atoms with Gasteiger partial charge in [-0.25, -0.2) is 0 Å². The highest BCUT2D eigenvalue weighted by Gasteiger charge is 2.44. The summed E-state index contributed by atoms with van der Waals surface area (Å²) in [4.78, 5) is 19.0. The van der Waals surface area contributed by atoms with Crippen LogP contribution in [0.4, 0.5) is 5.69 Å². The highest BCUT2D eigenvalue weighted by Crippen LogP contribution is 2.46. The summed E-state index contributed by atoms with van der Waals surface area (Å²) in [6.45, 7) is 7.75. The number of rotatable bonds is 6. The third-order valence-corrected chi connectivity index (χ3v) is 7.16. The highest BCUT2D eigenvalue weighted by molar-refractivity contribution is 6.10. The first-order chi connectivity index (χ1) is 14.9. The number of unbranched alkanes of at least 4 members (excludes halogenated alkanes) is 2. The summed E-state index contributed by atoms with van der Waals surface area (Å²) in [6, 6.07) is 4.47. The maximum atomic E-state index is 13.3. The number of H-pyrrole nitrogens is 2. The first-order valence-corrected chi connectivity index (χ1v) is 11.5. The Kier molecular flexibility index (Phi) is 4.93. The molecule has 0 spiro atoms. The van der Waals surface area contributed by atoms with E-state index < -0.39 is 5.41 Å². The summed E-state index contributed by atoms with van der Waals surface area (Å²) in [5.41, 5.74) is 8.83. The summed E-state index contributed by atoms with van der Waals surface area (Å²) in [5, 5.41) is 9.02. The van der Waals surface area contributed by atoms with Gasteiger partial charge in [0, 0.05) is 48.1 Å². The van der Waals surface area contributed by atoms with Crippen molar-refractivity contribution in [2.45, 2.75) is 64.7 Å². The van der Waals surface area contributed by atoms with Crippen LogP contribution in [-0.2, 0) is 27.8 Å². The number of nitrogens with zero attached hydrogens (tertiary/aromatic N) is 2. The molecule has 2 aliphatic rings. The van der Waals surface area contributed by atoms with Gasteiger partial charge < -0.3 is 14.6 Å². The second-order valence-electron chi connectivity index (χ2n) is 9.56. The summed E-state index contributed by atoms with van der Waals surface area (Å²) in [6.07, 6.45) is 6.27. The number of hydrogen-bond donors (Lipinski definition) is 2. The number of nitrogens with one attached hydrogen (secondary N) is 2. The molecule has 3 heterocycles. The molecule has 6 heteroatoms. The molecule has 2 aromatic heterocycles. The van der Waals surface area contributed by atoms with Gasteiger partial charge in [0.05, 0.1) is 11.1 Å². The molecule has 2 N–H and O–H groups in total. The van der Waals surface area contributed by atoms with Crippen molar-refractivity contribution in [1.29, 1.82) is 0 Å². The second kappa shape index (κ2) is 7.52. The van der Waals surface area contributed by atoms with Gasteiger partial charge >= 0.3 is 0 Å². The lowest BCUT2D eigenvalue weighted by Crippen LogP contribution is -2.36. The average molecular weight is 421 g/mol. The van der Waals surface area contributed by atoms with E-state index >= 15 is 0 Å². The van der Waals surface area contributed by atoms with Gasteiger partial charge in [-0.05, 0) is 82.6 Å². The fraction of sp³-hybridized carbons (Fsp3) is 0.520. The van der Waals surface area contributed by atoms with E-state index in [4.69, 9.17) is 4.74 Å². The molecule has 0 saturated heterocycles. The van der Waals surface area contributed by atoms with E-state index in [9.17, 15) is 4.79 Å². The zero-order valence-corrected chi connectivity index (χ0v) is 19.0. The molecule has 164 valence electrons. The normalized spacial score (nSPS) is 17.0. The number of carbonyl (C=O) groups is 1. The number of ether oxygens (including phenoxy) is 1. The average Bonchev–Trinajstić information content (AvgIpc) is 3.29. The van der Waals surface area contributed by atoms with Gasteiger partial charge in [-0.2, -0.15) is 5.10 Å². The predicted octanol–water partition coefficient (Wildman–Crippen LogP) is 4.80. The monoisotopic (exact) mass is 420 g/mol. The van der Waals surface area contributed by atoms with Crippen LogP contribution in [0.15, 0.2) is 12.1 Å². The third kappa shape index (κ3) is 3.11. The van der Waals surface area contributed by atoms with Crippen LogP contribution in [0.1, 0.15) is 61.9 Å². The first kappa shape index (κ1) is 20.3. The Balaban J connectivity index is 1.57. The maximum Gasteiger partial charge on any atom is 0.237 e. The van der Waals surface area contributed by atoms with E-state index in [1.54, 1.807) is 7.11 Å². The van der Waals surface area contributed by atoms with Crippen molar-refractivity contribution in [3.05, 3.63) is 34.5 Å². The smallest absolute Gasteiger partial charge is 0.237 e. The molecule has 0 saturated carbocycles. The summed E-state index contributed by atoms with van der Waals surface area (Å²) >= 11 is 0. The van der Waals surface area contributed by atoms with Crippen LogP contribution in [0.25, 0.3) is 22.3 Å². The first-order valence-electron chi connectivity index (χ1n) is 11.5. The lowest BCUT2D eigenvalue weighted by Gasteiger charge is -2.20. The number of benzene rings is 1. The van der Waals surface area contributed by atoms with Crippen LogP contribution in [-0.4, -0.2) is 41.3 Å². The number of carbonyl (C=O) groups excluding carboxylic acids is 1. The molecule has 3 aromatic rings. The minimum atomic E-state index is -0.507. The minimum Gasteiger partial charge on any atom is -0.385 e. The number of anilines is 1. The summed E-state index contributed by atoms with van der Waals surface area (Å²) < 4.78 is 5.16. The number of methoxy groups -OCH3 is 1. The molecule has 1 aromatic carbocycles. The van der Waals surface area contributed by atoms with Crippen molar-refractivity contribution in [2.24, 2.45) is 0 Å². The Hall–Kier alpha value is -2.60. The quantitative estimate of drug-likeness (QED) is 0.563. The lowest BCUT2D eigenvalue weighted by molar-refractivity contribution is -0.122. The minimum absolute atomic E-state index is 0.207. The Labute approximate surface area is 183 Å². The summed E-state index contributed by atoms with van der Waals surface area (Å²) in [5.74, 6) is 0.207. The van der Waals surface area contributed by atoms with Crippen molar-refractivity contribution in [2.75, 3.05) is 25.2 Å². The van der Waals surface area contributed by atoms with Crippen LogP contribution in [0.5, 0.6) is 0 Å². The van der Waals surface area contributed by atoms with Crippen LogP contribution in [0.3, 0.4) is 0 Å². The lowest BCUT2D eigenvalue weighted by atomic mass is 9.85. The Morgan fingerprint density at radius 2 is 1.97 bits per heavy atom. The zero-order valence-electron chi connectivity index (χ0n) is 19.0. The van der Waals surface area contributed by atoms with Crippen LogP contribution in [0, 0.1) is 6.92 Å². The molecular weight excluding hydrogens is 388 g/mol. The van der Waals surface area contributed by atoms with Crippen molar-refractivity contribution in [3.63, 3.8) is 0 Å². The number of aromatic nitrogens is 3. The van der Waals surface area contributed by atoms with Gasteiger partial charge in [0.15, 0.2) is 0 Å². The Bertz CT molecular complexity index is 1150. The van der Waals surface area contributed by atoms with Crippen molar-refractivity contribution in [3.8, 4) is 11.4 Å². The topological polar surface area (TPSA) is 74.0 Å². The molecule has 0 atom stereocenters. The molecule has 0 unspecified atom stereocenters. The molecule has 0 bridgehead atoms. The van der Waals surface area contributed by atoms with E-state index in [2.05, 4.69) is 34.2 Å². The predicted molar refractivity (Wildman–Crippen MR) is 124 cm³/mol. The third-order valence-electron chi connectivity index (χ3n) is 7.16. The SMILES string of the molecule is COCCCCCN1C(=O)C(C)(C)c2cc3[nH]c4c(c3cc21)CCCc1c-4n[nH]c1C. The molecule has 0 fully saturated rings. The maximum absolute atomic E-state index is 13.3. The number of aryl methyl sites for hydroxylation is 2.